The number of hydrogen-bond donors (Lipinski definition) is 1. The maximum absolute atomic E-state index is 12.2. The lowest BCUT2D eigenvalue weighted by Crippen LogP contribution is -2.26. The second kappa shape index (κ2) is 6.18. The van der Waals surface area contributed by atoms with Crippen LogP contribution in [0.15, 0.2) is 46.0 Å². The van der Waals surface area contributed by atoms with E-state index in [1.54, 1.807) is 29.5 Å². The molecule has 19 heavy (non-hydrogen) atoms. The van der Waals surface area contributed by atoms with Crippen LogP contribution in [-0.4, -0.2) is 22.1 Å². The number of thiophene rings is 1. The predicted octanol–water partition coefficient (Wildman–Crippen LogP) is 2.28. The van der Waals surface area contributed by atoms with E-state index in [-0.39, 0.29) is 4.90 Å². The van der Waals surface area contributed by atoms with Crippen LogP contribution in [0.1, 0.15) is 5.56 Å². The Kier molecular flexibility index (Phi) is 4.57. The van der Waals surface area contributed by atoms with E-state index in [2.05, 4.69) is 4.72 Å². The predicted molar refractivity (Wildman–Crippen MR) is 76.2 cm³/mol. The lowest BCUT2D eigenvalue weighted by atomic mass is 10.2. The summed E-state index contributed by atoms with van der Waals surface area (Å²) in [6, 6.07) is 8.57. The number of benzene rings is 1. The van der Waals surface area contributed by atoms with Crippen molar-refractivity contribution in [3.63, 3.8) is 0 Å². The van der Waals surface area contributed by atoms with E-state index in [9.17, 15) is 8.42 Å². The summed E-state index contributed by atoms with van der Waals surface area (Å²) in [6.07, 6.45) is 0.678. The number of methoxy groups -OCH3 is 1. The summed E-state index contributed by atoms with van der Waals surface area (Å²) in [7, 11) is -2.07. The van der Waals surface area contributed by atoms with Crippen LogP contribution in [0.3, 0.4) is 0 Å². The summed E-state index contributed by atoms with van der Waals surface area (Å²) in [5.41, 5.74) is 1.13. The topological polar surface area (TPSA) is 55.4 Å². The van der Waals surface area contributed by atoms with Crippen LogP contribution < -0.4 is 9.46 Å². The standard InChI is InChI=1S/C13H15NO3S2/c1-17-12-4-2-3-5-13(12)19(15,16)14-8-6-11-7-9-18-10-11/h2-5,7,9-10,14H,6,8H2,1H3. The van der Waals surface area contributed by atoms with Crippen molar-refractivity contribution < 1.29 is 13.2 Å². The number of hydrogen-bond acceptors (Lipinski definition) is 4. The molecule has 0 bridgehead atoms. The highest BCUT2D eigenvalue weighted by molar-refractivity contribution is 7.89. The summed E-state index contributed by atoms with van der Waals surface area (Å²) in [5, 5.41) is 3.99. The third kappa shape index (κ3) is 3.56. The fourth-order valence-electron chi connectivity index (χ4n) is 1.68. The minimum Gasteiger partial charge on any atom is -0.495 e. The molecule has 1 aromatic carbocycles. The molecule has 0 saturated carbocycles. The molecule has 0 aliphatic heterocycles. The average molecular weight is 297 g/mol. The van der Waals surface area contributed by atoms with Gasteiger partial charge < -0.3 is 4.74 Å². The number of rotatable bonds is 6. The van der Waals surface area contributed by atoms with Gasteiger partial charge in [-0.2, -0.15) is 11.3 Å². The maximum atomic E-state index is 12.2. The van der Waals surface area contributed by atoms with E-state index in [1.165, 1.54) is 13.2 Å². The van der Waals surface area contributed by atoms with Gasteiger partial charge in [0, 0.05) is 6.54 Å². The lowest BCUT2D eigenvalue weighted by Gasteiger charge is -2.10. The van der Waals surface area contributed by atoms with Crippen molar-refractivity contribution in [3.05, 3.63) is 46.7 Å². The van der Waals surface area contributed by atoms with Gasteiger partial charge in [-0.15, -0.1) is 0 Å². The SMILES string of the molecule is COc1ccccc1S(=O)(=O)NCCc1ccsc1. The molecular weight excluding hydrogens is 282 g/mol. The summed E-state index contributed by atoms with van der Waals surface area (Å²) < 4.78 is 32.0. The molecule has 102 valence electrons. The molecule has 0 atom stereocenters. The molecule has 1 aromatic heterocycles. The zero-order valence-corrected chi connectivity index (χ0v) is 12.1. The van der Waals surface area contributed by atoms with Gasteiger partial charge in [0.25, 0.3) is 0 Å². The maximum Gasteiger partial charge on any atom is 0.244 e. The molecule has 0 fully saturated rings. The van der Waals surface area contributed by atoms with Crippen molar-refractivity contribution in [2.24, 2.45) is 0 Å². The second-order valence-electron chi connectivity index (χ2n) is 3.93. The Balaban J connectivity index is 2.05. The molecule has 2 aromatic rings. The molecule has 0 aliphatic carbocycles. The van der Waals surface area contributed by atoms with Crippen LogP contribution >= 0.6 is 11.3 Å². The Labute approximate surface area is 117 Å². The Morgan fingerprint density at radius 3 is 2.74 bits per heavy atom. The molecule has 6 heteroatoms. The minimum atomic E-state index is -3.53. The molecule has 1 heterocycles. The van der Waals surface area contributed by atoms with Crippen molar-refractivity contribution in [1.82, 2.24) is 4.72 Å². The third-order valence-electron chi connectivity index (χ3n) is 2.64. The van der Waals surface area contributed by atoms with E-state index >= 15 is 0 Å². The fraction of sp³-hybridized carbons (Fsp3) is 0.231. The van der Waals surface area contributed by atoms with E-state index in [0.717, 1.165) is 5.56 Å². The van der Waals surface area contributed by atoms with Crippen molar-refractivity contribution in [2.45, 2.75) is 11.3 Å². The quantitative estimate of drug-likeness (QED) is 0.890. The Morgan fingerprint density at radius 1 is 1.26 bits per heavy atom. The van der Waals surface area contributed by atoms with Crippen LogP contribution in [0.2, 0.25) is 0 Å². The molecule has 0 saturated heterocycles. The zero-order chi connectivity index (χ0) is 13.7. The average Bonchev–Trinajstić information content (AvgIpc) is 2.91. The van der Waals surface area contributed by atoms with Gasteiger partial charge in [-0.3, -0.25) is 0 Å². The van der Waals surface area contributed by atoms with Gasteiger partial charge in [-0.25, -0.2) is 13.1 Å². The van der Waals surface area contributed by atoms with Crippen LogP contribution in [-0.2, 0) is 16.4 Å². The highest BCUT2D eigenvalue weighted by atomic mass is 32.2. The van der Waals surface area contributed by atoms with Gasteiger partial charge in [0.2, 0.25) is 10.0 Å². The summed E-state index contributed by atoms with van der Waals surface area (Å²) in [4.78, 5) is 0.169. The first-order valence-electron chi connectivity index (χ1n) is 5.77. The fourth-order valence-corrected chi connectivity index (χ4v) is 3.59. The summed E-state index contributed by atoms with van der Waals surface area (Å²) >= 11 is 1.60. The van der Waals surface area contributed by atoms with E-state index in [1.807, 2.05) is 16.8 Å². The first kappa shape index (κ1) is 14.0. The number of ether oxygens (including phenoxy) is 1. The van der Waals surface area contributed by atoms with Gasteiger partial charge in [0.15, 0.2) is 0 Å². The molecule has 0 amide bonds. The van der Waals surface area contributed by atoms with Crippen molar-refractivity contribution >= 4 is 21.4 Å². The number of nitrogens with one attached hydrogen (secondary N) is 1. The van der Waals surface area contributed by atoms with Gasteiger partial charge in [0.1, 0.15) is 10.6 Å². The molecule has 0 unspecified atom stereocenters. The normalized spacial score (nSPS) is 11.4. The van der Waals surface area contributed by atoms with Crippen LogP contribution in [0.25, 0.3) is 0 Å². The second-order valence-corrected chi connectivity index (χ2v) is 6.45. The van der Waals surface area contributed by atoms with Crippen LogP contribution in [0.5, 0.6) is 5.75 Å². The first-order valence-corrected chi connectivity index (χ1v) is 8.20. The smallest absolute Gasteiger partial charge is 0.244 e. The highest BCUT2D eigenvalue weighted by Crippen LogP contribution is 2.22. The summed E-state index contributed by atoms with van der Waals surface area (Å²) in [5.74, 6) is 0.352. The Hall–Kier alpha value is -1.37. The molecule has 1 N–H and O–H groups in total. The van der Waals surface area contributed by atoms with Gasteiger partial charge in [-0.1, -0.05) is 12.1 Å². The lowest BCUT2D eigenvalue weighted by molar-refractivity contribution is 0.402. The molecular formula is C13H15NO3S2. The Morgan fingerprint density at radius 2 is 2.05 bits per heavy atom. The minimum absolute atomic E-state index is 0.169. The van der Waals surface area contributed by atoms with Crippen LogP contribution in [0, 0.1) is 0 Å². The first-order chi connectivity index (χ1) is 9.13. The molecule has 0 aliphatic rings. The summed E-state index contributed by atoms with van der Waals surface area (Å²) in [6.45, 7) is 0.372. The third-order valence-corrected chi connectivity index (χ3v) is 4.88. The van der Waals surface area contributed by atoms with Crippen molar-refractivity contribution in [3.8, 4) is 5.75 Å². The number of para-hydroxylation sites is 1. The molecule has 0 spiro atoms. The largest absolute Gasteiger partial charge is 0.495 e. The highest BCUT2D eigenvalue weighted by Gasteiger charge is 2.18. The Bertz CT molecular complexity index is 621. The molecule has 0 radical (unpaired) electrons. The number of sulfonamides is 1. The van der Waals surface area contributed by atoms with E-state index < -0.39 is 10.0 Å². The van der Waals surface area contributed by atoms with E-state index in [0.29, 0.717) is 18.7 Å². The molecule has 2 rings (SSSR count). The van der Waals surface area contributed by atoms with E-state index in [4.69, 9.17) is 4.74 Å². The van der Waals surface area contributed by atoms with Gasteiger partial charge >= 0.3 is 0 Å². The monoisotopic (exact) mass is 297 g/mol. The van der Waals surface area contributed by atoms with Gasteiger partial charge in [-0.05, 0) is 40.9 Å². The van der Waals surface area contributed by atoms with Crippen LogP contribution in [0.4, 0.5) is 0 Å². The van der Waals surface area contributed by atoms with Crippen molar-refractivity contribution in [1.29, 1.82) is 0 Å². The van der Waals surface area contributed by atoms with Gasteiger partial charge in [0.05, 0.1) is 7.11 Å². The van der Waals surface area contributed by atoms with Crippen molar-refractivity contribution in [2.75, 3.05) is 13.7 Å². The molecule has 4 nitrogen and oxygen atoms in total. The zero-order valence-electron chi connectivity index (χ0n) is 10.5.